The number of methoxy groups -OCH3 is 1. The normalized spacial score (nSPS) is 12.3. The molecular formula is C20H20O4S2. The average molecular weight is 389 g/mol. The Morgan fingerprint density at radius 3 is 2.19 bits per heavy atom. The van der Waals surface area contributed by atoms with Gasteiger partial charge in [-0.3, -0.25) is 0 Å². The van der Waals surface area contributed by atoms with E-state index in [-0.39, 0.29) is 9.80 Å². The van der Waals surface area contributed by atoms with Crippen LogP contribution >= 0.6 is 11.8 Å². The van der Waals surface area contributed by atoms with Crippen LogP contribution in [0, 0.1) is 6.92 Å². The summed E-state index contributed by atoms with van der Waals surface area (Å²) in [6, 6.07) is 13.3. The number of aryl methyl sites for hydroxylation is 1. The summed E-state index contributed by atoms with van der Waals surface area (Å²) in [5.41, 5.74) is 2.08. The SMILES string of the molecule is COC(=O)c1ccc(/C=C(\C=C\SC)S(=O)(=O)c2ccc(C)cc2)cc1. The number of carbonyl (C=O) groups excluding carboxylic acids is 1. The summed E-state index contributed by atoms with van der Waals surface area (Å²) in [6.45, 7) is 1.91. The lowest BCUT2D eigenvalue weighted by Gasteiger charge is -2.07. The molecule has 2 rings (SSSR count). The highest BCUT2D eigenvalue weighted by Gasteiger charge is 2.18. The third-order valence-corrected chi connectivity index (χ3v) is 5.83. The molecule has 0 aliphatic rings. The summed E-state index contributed by atoms with van der Waals surface area (Å²) in [6.07, 6.45) is 5.02. The smallest absolute Gasteiger partial charge is 0.337 e. The Hall–Kier alpha value is -2.31. The summed E-state index contributed by atoms with van der Waals surface area (Å²) in [5.74, 6) is -0.435. The summed E-state index contributed by atoms with van der Waals surface area (Å²) in [4.78, 5) is 11.9. The molecule has 26 heavy (non-hydrogen) atoms. The van der Waals surface area contributed by atoms with Gasteiger partial charge in [0.15, 0.2) is 0 Å². The van der Waals surface area contributed by atoms with Crippen molar-refractivity contribution in [3.63, 3.8) is 0 Å². The van der Waals surface area contributed by atoms with E-state index in [1.807, 2.05) is 13.2 Å². The van der Waals surface area contributed by atoms with Crippen molar-refractivity contribution in [2.75, 3.05) is 13.4 Å². The highest BCUT2D eigenvalue weighted by Crippen LogP contribution is 2.24. The second-order valence-corrected chi connectivity index (χ2v) is 8.21. The fraction of sp³-hybridized carbons (Fsp3) is 0.150. The number of ether oxygens (including phenoxy) is 1. The zero-order valence-electron chi connectivity index (χ0n) is 14.8. The Balaban J connectivity index is 2.46. The number of sulfone groups is 1. The van der Waals surface area contributed by atoms with E-state index in [0.717, 1.165) is 5.56 Å². The number of thioether (sulfide) groups is 1. The van der Waals surface area contributed by atoms with Crippen LogP contribution in [-0.4, -0.2) is 27.8 Å². The third kappa shape index (κ3) is 4.86. The summed E-state index contributed by atoms with van der Waals surface area (Å²) in [7, 11) is -2.33. The Bertz CT molecular complexity index is 923. The summed E-state index contributed by atoms with van der Waals surface area (Å²) < 4.78 is 30.6. The maximum Gasteiger partial charge on any atom is 0.337 e. The molecule has 0 N–H and O–H groups in total. The van der Waals surface area contributed by atoms with E-state index >= 15 is 0 Å². The fourth-order valence-corrected chi connectivity index (χ4v) is 3.88. The van der Waals surface area contributed by atoms with Crippen LogP contribution in [0.4, 0.5) is 0 Å². The molecule has 2 aromatic rings. The van der Waals surface area contributed by atoms with Gasteiger partial charge in [0.2, 0.25) is 9.84 Å². The van der Waals surface area contributed by atoms with Crippen molar-refractivity contribution in [2.45, 2.75) is 11.8 Å². The van der Waals surface area contributed by atoms with Crippen molar-refractivity contribution in [1.82, 2.24) is 0 Å². The zero-order chi connectivity index (χ0) is 19.2. The predicted molar refractivity (Wildman–Crippen MR) is 107 cm³/mol. The molecule has 0 heterocycles. The van der Waals surface area contributed by atoms with Crippen LogP contribution in [0.5, 0.6) is 0 Å². The van der Waals surface area contributed by atoms with Gasteiger partial charge in [-0.15, -0.1) is 11.8 Å². The average Bonchev–Trinajstić information content (AvgIpc) is 2.65. The second-order valence-electron chi connectivity index (χ2n) is 5.52. The first-order chi connectivity index (χ1) is 12.4. The molecule has 0 atom stereocenters. The zero-order valence-corrected chi connectivity index (χ0v) is 16.4. The molecule has 0 unspecified atom stereocenters. The van der Waals surface area contributed by atoms with Crippen molar-refractivity contribution in [2.24, 2.45) is 0 Å². The Morgan fingerprint density at radius 2 is 1.65 bits per heavy atom. The van der Waals surface area contributed by atoms with Gasteiger partial charge in [-0.1, -0.05) is 29.8 Å². The number of hydrogen-bond acceptors (Lipinski definition) is 5. The van der Waals surface area contributed by atoms with Crippen LogP contribution in [0.2, 0.25) is 0 Å². The van der Waals surface area contributed by atoms with Crippen LogP contribution < -0.4 is 0 Å². The Kier molecular flexibility index (Phi) is 6.83. The first kappa shape index (κ1) is 20.0. The number of carbonyl (C=O) groups is 1. The molecule has 0 aliphatic heterocycles. The van der Waals surface area contributed by atoms with Gasteiger partial charge in [0.25, 0.3) is 0 Å². The number of hydrogen-bond donors (Lipinski definition) is 0. The number of benzene rings is 2. The van der Waals surface area contributed by atoms with E-state index in [4.69, 9.17) is 0 Å². The van der Waals surface area contributed by atoms with E-state index in [1.54, 1.807) is 66.1 Å². The van der Waals surface area contributed by atoms with Crippen molar-refractivity contribution >= 4 is 33.6 Å². The lowest BCUT2D eigenvalue weighted by molar-refractivity contribution is 0.0600. The molecule has 0 saturated carbocycles. The Labute approximate surface area is 158 Å². The molecular weight excluding hydrogens is 368 g/mol. The number of esters is 1. The quantitative estimate of drug-likeness (QED) is 0.540. The number of allylic oxidation sites excluding steroid dienone is 1. The van der Waals surface area contributed by atoms with Gasteiger partial charge >= 0.3 is 5.97 Å². The summed E-state index contributed by atoms with van der Waals surface area (Å²) in [5, 5.41) is 1.72. The lowest BCUT2D eigenvalue weighted by atomic mass is 10.1. The molecule has 4 nitrogen and oxygen atoms in total. The van der Waals surface area contributed by atoms with E-state index in [9.17, 15) is 13.2 Å². The van der Waals surface area contributed by atoms with Crippen LogP contribution in [0.3, 0.4) is 0 Å². The van der Waals surface area contributed by atoms with Crippen LogP contribution in [0.15, 0.2) is 69.8 Å². The van der Waals surface area contributed by atoms with Crippen molar-refractivity contribution in [1.29, 1.82) is 0 Å². The van der Waals surface area contributed by atoms with Crippen LogP contribution in [0.1, 0.15) is 21.5 Å². The summed E-state index contributed by atoms with van der Waals surface area (Å²) >= 11 is 1.42. The lowest BCUT2D eigenvalue weighted by Crippen LogP contribution is -2.03. The standard InChI is InChI=1S/C20H20O4S2/c1-15-4-10-18(11-5-15)26(22,23)19(12-13-25-3)14-16-6-8-17(9-7-16)20(21)24-2/h4-14H,1-3H3/b13-12+,19-14+. The van der Waals surface area contributed by atoms with Crippen molar-refractivity contribution < 1.29 is 17.9 Å². The maximum atomic E-state index is 13.0. The fourth-order valence-electron chi connectivity index (χ4n) is 2.20. The van der Waals surface area contributed by atoms with E-state index < -0.39 is 15.8 Å². The van der Waals surface area contributed by atoms with Crippen molar-refractivity contribution in [3.8, 4) is 0 Å². The molecule has 6 heteroatoms. The van der Waals surface area contributed by atoms with Crippen LogP contribution in [-0.2, 0) is 14.6 Å². The minimum atomic E-state index is -3.65. The van der Waals surface area contributed by atoms with Gasteiger partial charge in [-0.25, -0.2) is 13.2 Å². The minimum absolute atomic E-state index is 0.182. The van der Waals surface area contributed by atoms with Crippen molar-refractivity contribution in [3.05, 3.63) is 81.6 Å². The van der Waals surface area contributed by atoms with Gasteiger partial charge in [0.05, 0.1) is 22.5 Å². The molecule has 0 amide bonds. The van der Waals surface area contributed by atoms with E-state index in [1.165, 1.54) is 18.9 Å². The molecule has 0 aromatic heterocycles. The molecule has 0 saturated heterocycles. The van der Waals surface area contributed by atoms with Crippen LogP contribution in [0.25, 0.3) is 6.08 Å². The highest BCUT2D eigenvalue weighted by molar-refractivity contribution is 8.01. The molecule has 136 valence electrons. The van der Waals surface area contributed by atoms with Gasteiger partial charge < -0.3 is 4.74 Å². The molecule has 0 radical (unpaired) electrons. The molecule has 2 aromatic carbocycles. The van der Waals surface area contributed by atoms with Gasteiger partial charge in [0.1, 0.15) is 0 Å². The minimum Gasteiger partial charge on any atom is -0.465 e. The van der Waals surface area contributed by atoms with E-state index in [0.29, 0.717) is 11.1 Å². The maximum absolute atomic E-state index is 13.0. The largest absolute Gasteiger partial charge is 0.465 e. The monoisotopic (exact) mass is 388 g/mol. The predicted octanol–water partition coefficient (Wildman–Crippen LogP) is 4.47. The first-order valence-corrected chi connectivity index (χ1v) is 10.6. The number of rotatable bonds is 6. The Morgan fingerprint density at radius 1 is 1.04 bits per heavy atom. The third-order valence-electron chi connectivity index (χ3n) is 3.65. The van der Waals surface area contributed by atoms with Gasteiger partial charge in [-0.2, -0.15) is 0 Å². The molecule has 0 spiro atoms. The van der Waals surface area contributed by atoms with E-state index in [2.05, 4.69) is 4.74 Å². The molecule has 0 aliphatic carbocycles. The molecule has 0 bridgehead atoms. The topological polar surface area (TPSA) is 60.4 Å². The highest BCUT2D eigenvalue weighted by atomic mass is 32.2. The van der Waals surface area contributed by atoms with Gasteiger partial charge in [0, 0.05) is 0 Å². The second kappa shape index (κ2) is 8.87. The van der Waals surface area contributed by atoms with Gasteiger partial charge in [-0.05, 0) is 60.6 Å². The first-order valence-electron chi connectivity index (χ1n) is 7.79. The molecule has 0 fully saturated rings.